The van der Waals surface area contributed by atoms with E-state index in [9.17, 15) is 14.7 Å². The van der Waals surface area contributed by atoms with Gasteiger partial charge >= 0.3 is 6.09 Å². The van der Waals surface area contributed by atoms with E-state index in [2.05, 4.69) is 5.32 Å². The molecular weight excluding hydrogens is 320 g/mol. The number of ether oxygens (including phenoxy) is 1. The summed E-state index contributed by atoms with van der Waals surface area (Å²) < 4.78 is 5.15. The van der Waals surface area contributed by atoms with Crippen LogP contribution in [0.4, 0.5) is 4.79 Å². The fourth-order valence-electron chi connectivity index (χ4n) is 2.09. The number of alkyl carbamates (subject to hydrolysis) is 1. The van der Waals surface area contributed by atoms with Gasteiger partial charge in [-0.25, -0.2) is 4.79 Å². The third kappa shape index (κ3) is 5.11. The van der Waals surface area contributed by atoms with Gasteiger partial charge in [0.25, 0.3) is 5.91 Å². The molecule has 0 aliphatic heterocycles. The van der Waals surface area contributed by atoms with Gasteiger partial charge in [0.2, 0.25) is 0 Å². The molecule has 0 bridgehead atoms. The van der Waals surface area contributed by atoms with Crippen LogP contribution in [0, 0.1) is 0 Å². The number of nitrogens with two attached hydrogens (primary N) is 1. The Kier molecular flexibility index (Phi) is 6.02. The lowest BCUT2D eigenvalue weighted by atomic mass is 9.87. The van der Waals surface area contributed by atoms with Crippen LogP contribution < -0.4 is 11.1 Å². The van der Waals surface area contributed by atoms with Gasteiger partial charge in [-0.1, -0.05) is 24.6 Å². The van der Waals surface area contributed by atoms with Gasteiger partial charge in [0, 0.05) is 11.6 Å². The van der Waals surface area contributed by atoms with Gasteiger partial charge in [0.1, 0.15) is 5.60 Å². The molecule has 6 nitrogen and oxygen atoms in total. The van der Waals surface area contributed by atoms with Gasteiger partial charge in [-0.15, -0.1) is 0 Å². The summed E-state index contributed by atoms with van der Waals surface area (Å²) in [5.41, 5.74) is 3.68. The van der Waals surface area contributed by atoms with Crippen molar-refractivity contribution in [2.24, 2.45) is 5.73 Å². The largest absolute Gasteiger partial charge is 0.444 e. The number of nitrogens with one attached hydrogen (secondary N) is 1. The minimum absolute atomic E-state index is 0.0421. The number of amides is 2. The molecule has 7 heteroatoms. The third-order valence-electron chi connectivity index (χ3n) is 3.25. The number of carbonyl (C=O) groups is 2. The molecular formula is C16H23ClN2O4. The van der Waals surface area contributed by atoms with E-state index < -0.39 is 23.2 Å². The van der Waals surface area contributed by atoms with Gasteiger partial charge in [-0.2, -0.15) is 0 Å². The Hall–Kier alpha value is -1.79. The Bertz CT molecular complexity index is 598. The minimum atomic E-state index is -1.82. The van der Waals surface area contributed by atoms with Crippen molar-refractivity contribution in [3.05, 3.63) is 34.3 Å². The molecule has 0 saturated heterocycles. The fraction of sp³-hybridized carbons (Fsp3) is 0.500. The van der Waals surface area contributed by atoms with Crippen molar-refractivity contribution in [2.45, 2.75) is 51.9 Å². The SMILES string of the molecule is CCC(O)(C(N)=O)c1ccc(Cl)cc1CNC(=O)OC(C)(C)C. The molecule has 2 amide bonds. The number of carbonyl (C=O) groups excluding carboxylic acids is 2. The highest BCUT2D eigenvalue weighted by Crippen LogP contribution is 2.30. The van der Waals surface area contributed by atoms with Gasteiger partial charge in [-0.3, -0.25) is 4.79 Å². The Morgan fingerprint density at radius 3 is 2.43 bits per heavy atom. The molecule has 1 aromatic rings. The molecule has 1 atom stereocenters. The zero-order chi connectivity index (χ0) is 17.8. The van der Waals surface area contributed by atoms with Crippen LogP contribution in [-0.4, -0.2) is 22.7 Å². The summed E-state index contributed by atoms with van der Waals surface area (Å²) in [5.74, 6) is -0.860. The molecule has 0 aliphatic carbocycles. The molecule has 0 saturated carbocycles. The van der Waals surface area contributed by atoms with E-state index in [1.807, 2.05) is 0 Å². The van der Waals surface area contributed by atoms with Crippen LogP contribution in [0.2, 0.25) is 5.02 Å². The summed E-state index contributed by atoms with van der Waals surface area (Å²) in [6, 6.07) is 4.65. The van der Waals surface area contributed by atoms with Crippen LogP contribution >= 0.6 is 11.6 Å². The maximum atomic E-state index is 11.8. The molecule has 1 aromatic carbocycles. The number of halogens is 1. The number of aliphatic hydroxyl groups is 1. The van der Waals surface area contributed by atoms with Crippen LogP contribution in [0.25, 0.3) is 0 Å². The van der Waals surface area contributed by atoms with E-state index in [0.717, 1.165) is 0 Å². The first-order valence-electron chi connectivity index (χ1n) is 7.27. The third-order valence-corrected chi connectivity index (χ3v) is 3.49. The van der Waals surface area contributed by atoms with Crippen molar-refractivity contribution < 1.29 is 19.4 Å². The Labute approximate surface area is 141 Å². The van der Waals surface area contributed by atoms with E-state index in [1.165, 1.54) is 6.07 Å². The molecule has 0 spiro atoms. The van der Waals surface area contributed by atoms with Gasteiger partial charge in [0.05, 0.1) is 0 Å². The second kappa shape index (κ2) is 7.19. The molecule has 23 heavy (non-hydrogen) atoms. The number of hydrogen-bond acceptors (Lipinski definition) is 4. The van der Waals surface area contributed by atoms with E-state index in [0.29, 0.717) is 16.1 Å². The molecule has 128 valence electrons. The summed E-state index contributed by atoms with van der Waals surface area (Å²) in [4.78, 5) is 23.4. The van der Waals surface area contributed by atoms with Gasteiger partial charge in [-0.05, 0) is 50.5 Å². The lowest BCUT2D eigenvalue weighted by Crippen LogP contribution is -2.42. The quantitative estimate of drug-likeness (QED) is 0.764. The highest BCUT2D eigenvalue weighted by Gasteiger charge is 2.36. The maximum absolute atomic E-state index is 11.8. The van der Waals surface area contributed by atoms with E-state index in [4.69, 9.17) is 22.1 Å². The molecule has 0 aromatic heterocycles. The van der Waals surface area contributed by atoms with Crippen LogP contribution in [0.15, 0.2) is 18.2 Å². The molecule has 1 unspecified atom stereocenters. The molecule has 4 N–H and O–H groups in total. The molecule has 1 rings (SSSR count). The first kappa shape index (κ1) is 19.3. The average molecular weight is 343 g/mol. The van der Waals surface area contributed by atoms with Crippen LogP contribution in [-0.2, 0) is 21.7 Å². The second-order valence-electron chi connectivity index (χ2n) is 6.23. The smallest absolute Gasteiger partial charge is 0.407 e. The van der Waals surface area contributed by atoms with Crippen LogP contribution in [0.1, 0.15) is 45.2 Å². The Morgan fingerprint density at radius 1 is 1.35 bits per heavy atom. The Morgan fingerprint density at radius 2 is 1.96 bits per heavy atom. The topological polar surface area (TPSA) is 102 Å². The fourth-order valence-corrected chi connectivity index (χ4v) is 2.29. The van der Waals surface area contributed by atoms with E-state index in [1.54, 1.807) is 39.8 Å². The van der Waals surface area contributed by atoms with Crippen molar-refractivity contribution in [1.82, 2.24) is 5.32 Å². The number of hydrogen-bond donors (Lipinski definition) is 3. The summed E-state index contributed by atoms with van der Waals surface area (Å²) in [6.07, 6.45) is -0.508. The van der Waals surface area contributed by atoms with Gasteiger partial charge in [0.15, 0.2) is 5.60 Å². The monoisotopic (exact) mass is 342 g/mol. The highest BCUT2D eigenvalue weighted by molar-refractivity contribution is 6.30. The van der Waals surface area contributed by atoms with E-state index >= 15 is 0 Å². The summed E-state index contributed by atoms with van der Waals surface area (Å²) in [7, 11) is 0. The van der Waals surface area contributed by atoms with Gasteiger partial charge < -0.3 is 20.9 Å². The van der Waals surface area contributed by atoms with Crippen LogP contribution in [0.5, 0.6) is 0 Å². The molecule has 0 heterocycles. The predicted molar refractivity (Wildman–Crippen MR) is 87.9 cm³/mol. The van der Waals surface area contributed by atoms with Crippen molar-refractivity contribution in [2.75, 3.05) is 0 Å². The first-order valence-corrected chi connectivity index (χ1v) is 7.65. The summed E-state index contributed by atoms with van der Waals surface area (Å²) in [6.45, 7) is 6.94. The number of primary amides is 1. The highest BCUT2D eigenvalue weighted by atomic mass is 35.5. The van der Waals surface area contributed by atoms with Crippen molar-refractivity contribution in [3.63, 3.8) is 0 Å². The number of benzene rings is 1. The number of rotatable bonds is 5. The van der Waals surface area contributed by atoms with E-state index in [-0.39, 0.29) is 13.0 Å². The minimum Gasteiger partial charge on any atom is -0.444 e. The molecule has 0 aliphatic rings. The summed E-state index contributed by atoms with van der Waals surface area (Å²) >= 11 is 5.97. The maximum Gasteiger partial charge on any atom is 0.407 e. The van der Waals surface area contributed by atoms with Crippen molar-refractivity contribution in [1.29, 1.82) is 0 Å². The molecule has 0 fully saturated rings. The lowest BCUT2D eigenvalue weighted by molar-refractivity contribution is -0.137. The van der Waals surface area contributed by atoms with Crippen molar-refractivity contribution in [3.8, 4) is 0 Å². The Balaban J connectivity index is 3.05. The zero-order valence-corrected chi connectivity index (χ0v) is 14.5. The standard InChI is InChI=1S/C16H23ClN2O4/c1-5-16(22,13(18)20)12-7-6-11(17)8-10(12)9-19-14(21)23-15(2,3)4/h6-8,22H,5,9H2,1-4H3,(H2,18,20)(H,19,21). The first-order chi connectivity index (χ1) is 10.5. The molecule has 0 radical (unpaired) electrons. The normalized spacial score (nSPS) is 14.0. The predicted octanol–water partition coefficient (Wildman–Crippen LogP) is 2.45. The average Bonchev–Trinajstić information content (AvgIpc) is 2.42. The van der Waals surface area contributed by atoms with Crippen molar-refractivity contribution >= 4 is 23.6 Å². The second-order valence-corrected chi connectivity index (χ2v) is 6.67. The summed E-state index contributed by atoms with van der Waals surface area (Å²) in [5, 5.41) is 13.5. The van der Waals surface area contributed by atoms with Crippen LogP contribution in [0.3, 0.4) is 0 Å². The zero-order valence-electron chi connectivity index (χ0n) is 13.8. The lowest BCUT2D eigenvalue weighted by Gasteiger charge is -2.26.